The molecule has 0 atom stereocenters. The van der Waals surface area contributed by atoms with Crippen LogP contribution >= 0.6 is 0 Å². The van der Waals surface area contributed by atoms with E-state index in [-0.39, 0.29) is 28.5 Å². The van der Waals surface area contributed by atoms with Gasteiger partial charge in [0.25, 0.3) is 0 Å². The summed E-state index contributed by atoms with van der Waals surface area (Å²) in [5.41, 5.74) is 29.5. The van der Waals surface area contributed by atoms with Gasteiger partial charge in [-0.15, -0.1) is 0 Å². The molecule has 0 saturated heterocycles. The monoisotopic (exact) mass is 822 g/mol. The first-order valence-corrected chi connectivity index (χ1v) is 23.4. The van der Waals surface area contributed by atoms with Crippen molar-refractivity contribution >= 4 is 51.0 Å². The van der Waals surface area contributed by atoms with Gasteiger partial charge < -0.3 is 9.38 Å². The van der Waals surface area contributed by atoms with Crippen molar-refractivity contribution in [1.82, 2.24) is 4.57 Å². The van der Waals surface area contributed by atoms with Crippen molar-refractivity contribution in [2.45, 2.75) is 84.0 Å². The zero-order valence-electron chi connectivity index (χ0n) is 38.3. The van der Waals surface area contributed by atoms with E-state index in [2.05, 4.69) is 217 Å². The van der Waals surface area contributed by atoms with Crippen LogP contribution in [0.2, 0.25) is 0 Å². The molecule has 3 heterocycles. The van der Waals surface area contributed by atoms with E-state index in [4.69, 9.17) is 0 Å². The number of fused-ring (bicyclic) bond motifs is 17. The van der Waals surface area contributed by atoms with Crippen LogP contribution in [0.3, 0.4) is 0 Å². The Kier molecular flexibility index (Phi) is 6.66. The van der Waals surface area contributed by atoms with Crippen LogP contribution in [-0.4, -0.2) is 11.4 Å². The van der Waals surface area contributed by atoms with Gasteiger partial charge >= 0.3 is 6.85 Å². The Labute approximate surface area is 377 Å². The highest BCUT2D eigenvalue weighted by Crippen LogP contribution is 2.57. The molecule has 0 unspecified atom stereocenters. The Hall–Kier alpha value is -6.58. The van der Waals surface area contributed by atoms with Gasteiger partial charge in [0.15, 0.2) is 0 Å². The first-order chi connectivity index (χ1) is 30.7. The fourth-order valence-corrected chi connectivity index (χ4v) is 13.4. The zero-order valence-corrected chi connectivity index (χ0v) is 38.3. The van der Waals surface area contributed by atoms with Gasteiger partial charge in [0, 0.05) is 49.6 Å². The third-order valence-corrected chi connectivity index (χ3v) is 16.7. The highest BCUT2D eigenvalue weighted by molar-refractivity contribution is 6.93. The van der Waals surface area contributed by atoms with Crippen molar-refractivity contribution in [1.29, 1.82) is 0 Å². The molecule has 308 valence electrons. The van der Waals surface area contributed by atoms with E-state index in [9.17, 15) is 0 Å². The summed E-state index contributed by atoms with van der Waals surface area (Å²) in [5, 5.41) is 2.66. The van der Waals surface area contributed by atoms with E-state index >= 15 is 0 Å². The second-order valence-electron chi connectivity index (χ2n) is 22.1. The number of nitrogens with zero attached hydrogens (tertiary/aromatic N) is 2. The van der Waals surface area contributed by atoms with E-state index in [1.807, 2.05) is 0 Å². The predicted octanol–water partition coefficient (Wildman–Crippen LogP) is 14.2. The molecule has 0 N–H and O–H groups in total. The minimum Gasteiger partial charge on any atom is -0.376 e. The molecule has 0 saturated carbocycles. The number of hydrogen-bond acceptors (Lipinski definition) is 1. The number of hydrogen-bond donors (Lipinski definition) is 0. The molecule has 5 aliphatic rings. The Bertz CT molecular complexity index is 3620. The minimum atomic E-state index is -0.140. The predicted molar refractivity (Wildman–Crippen MR) is 271 cm³/mol. The number of rotatable bonds is 1. The van der Waals surface area contributed by atoms with Gasteiger partial charge in [0.05, 0.1) is 11.0 Å². The average Bonchev–Trinajstić information content (AvgIpc) is 3.90. The third-order valence-electron chi connectivity index (χ3n) is 16.7. The summed E-state index contributed by atoms with van der Waals surface area (Å²) in [7, 11) is 0. The van der Waals surface area contributed by atoms with Crippen LogP contribution in [0.25, 0.3) is 72.0 Å². The Morgan fingerprint density at radius 2 is 0.953 bits per heavy atom. The lowest BCUT2D eigenvalue weighted by molar-refractivity contribution is 0.590. The molecule has 14 rings (SSSR count). The number of anilines is 2. The van der Waals surface area contributed by atoms with Crippen LogP contribution in [0.5, 0.6) is 0 Å². The first kappa shape index (κ1) is 36.9. The quantitative estimate of drug-likeness (QED) is 0.150. The van der Waals surface area contributed by atoms with Crippen molar-refractivity contribution < 1.29 is 0 Å². The van der Waals surface area contributed by atoms with Gasteiger partial charge in [0.1, 0.15) is 0 Å². The van der Waals surface area contributed by atoms with Crippen LogP contribution in [0.4, 0.5) is 11.4 Å². The summed E-state index contributed by atoms with van der Waals surface area (Å²) in [5.74, 6) is 0. The van der Waals surface area contributed by atoms with Gasteiger partial charge in [-0.2, -0.15) is 0 Å². The standard InChI is InChI=1S/C61H51BN2/c1-58(2,3)34-22-24-35(25-23-34)64-54-31-43-38-18-12-15-21-48(38)59(4,5)49(43)29-45(54)39-26-27-40-44-28-41-36-16-10-13-19-46(36)60(6,7)50(41)32-53(44)63-55-33-51-42(30-52(55)62(64)56(39)57(40)63)37-17-11-14-20-47(37)61(51,8)9/h10-33H,1-9H3. The molecule has 0 amide bonds. The van der Waals surface area contributed by atoms with Gasteiger partial charge in [-0.3, -0.25) is 0 Å². The lowest BCUT2D eigenvalue weighted by Gasteiger charge is -2.43. The average molecular weight is 823 g/mol. The highest BCUT2D eigenvalue weighted by Gasteiger charge is 2.48. The maximum atomic E-state index is 2.73. The Morgan fingerprint density at radius 1 is 0.422 bits per heavy atom. The molecule has 3 heteroatoms. The summed E-state index contributed by atoms with van der Waals surface area (Å²) in [4.78, 5) is 2.73. The van der Waals surface area contributed by atoms with Crippen LogP contribution in [0.15, 0.2) is 146 Å². The molecule has 0 bridgehead atoms. The van der Waals surface area contributed by atoms with E-state index in [1.165, 1.54) is 133 Å². The second kappa shape index (κ2) is 11.6. The van der Waals surface area contributed by atoms with Crippen LogP contribution < -0.4 is 15.7 Å². The molecule has 0 fully saturated rings. The third kappa shape index (κ3) is 4.30. The van der Waals surface area contributed by atoms with Crippen LogP contribution in [0.1, 0.15) is 101 Å². The molecule has 2 aliphatic heterocycles. The van der Waals surface area contributed by atoms with Crippen molar-refractivity contribution in [2.24, 2.45) is 0 Å². The van der Waals surface area contributed by atoms with E-state index < -0.39 is 0 Å². The first-order valence-electron chi connectivity index (χ1n) is 23.4. The van der Waals surface area contributed by atoms with Crippen LogP contribution in [0, 0.1) is 0 Å². The summed E-state index contributed by atoms with van der Waals surface area (Å²) >= 11 is 0. The largest absolute Gasteiger partial charge is 0.376 e. The van der Waals surface area contributed by atoms with Crippen LogP contribution in [-0.2, 0) is 21.7 Å². The number of benzene rings is 8. The van der Waals surface area contributed by atoms with Gasteiger partial charge in [-0.05, 0) is 137 Å². The van der Waals surface area contributed by atoms with E-state index in [0.29, 0.717) is 0 Å². The Balaban J connectivity index is 1.15. The van der Waals surface area contributed by atoms with E-state index in [0.717, 1.165) is 0 Å². The molecule has 8 aromatic carbocycles. The molecule has 2 nitrogen and oxygen atoms in total. The molecular formula is C61H51BN2. The number of aromatic nitrogens is 1. The normalized spacial score (nSPS) is 16.8. The smallest absolute Gasteiger partial charge is 0.333 e. The van der Waals surface area contributed by atoms with Gasteiger partial charge in [-0.25, -0.2) is 0 Å². The molecule has 1 aromatic heterocycles. The molecule has 0 spiro atoms. The Morgan fingerprint density at radius 3 is 1.55 bits per heavy atom. The zero-order chi connectivity index (χ0) is 43.6. The second-order valence-corrected chi connectivity index (χ2v) is 22.1. The molecule has 3 aliphatic carbocycles. The SMILES string of the molecule is CC(C)(C)c1ccc(N2B3c4cc5c(cc4-n4c6cc7c(cc6c6ccc(c3c64)-c3cc4c(cc32)-c2ccccc2C4(C)C)-c2ccccc2C7(C)C)C(C)(C)c2ccccc2-5)cc1. The molecular weight excluding hydrogens is 771 g/mol. The summed E-state index contributed by atoms with van der Waals surface area (Å²) in [6.45, 7) is 21.4. The molecule has 0 radical (unpaired) electrons. The lowest BCUT2D eigenvalue weighted by Crippen LogP contribution is -2.60. The van der Waals surface area contributed by atoms with Crippen molar-refractivity contribution in [3.8, 4) is 50.2 Å². The van der Waals surface area contributed by atoms with E-state index in [1.54, 1.807) is 0 Å². The van der Waals surface area contributed by atoms with Gasteiger partial charge in [0.2, 0.25) is 0 Å². The summed E-state index contributed by atoms with van der Waals surface area (Å²) in [6.07, 6.45) is 0. The maximum absolute atomic E-state index is 2.73. The van der Waals surface area contributed by atoms with Crippen molar-refractivity contribution in [2.75, 3.05) is 4.81 Å². The van der Waals surface area contributed by atoms with Crippen molar-refractivity contribution in [3.05, 3.63) is 185 Å². The fraction of sp³-hybridized carbons (Fsp3) is 0.213. The lowest BCUT2D eigenvalue weighted by atomic mass is 9.43. The highest BCUT2D eigenvalue weighted by atomic mass is 15.1. The fourth-order valence-electron chi connectivity index (χ4n) is 13.4. The topological polar surface area (TPSA) is 8.17 Å². The maximum Gasteiger partial charge on any atom is 0.333 e. The van der Waals surface area contributed by atoms with Crippen molar-refractivity contribution in [3.63, 3.8) is 0 Å². The summed E-state index contributed by atoms with van der Waals surface area (Å²) in [6, 6.07) is 57.3. The minimum absolute atomic E-state index is 0.0434. The molecule has 64 heavy (non-hydrogen) atoms. The van der Waals surface area contributed by atoms with Gasteiger partial charge in [-0.1, -0.05) is 165 Å². The molecule has 9 aromatic rings. The summed E-state index contributed by atoms with van der Waals surface area (Å²) < 4.78 is 2.70.